The van der Waals surface area contributed by atoms with Crippen molar-refractivity contribution < 1.29 is 4.74 Å². The van der Waals surface area contributed by atoms with E-state index in [1.807, 2.05) is 0 Å². The van der Waals surface area contributed by atoms with E-state index in [1.54, 1.807) is 0 Å². The molecule has 1 spiro atoms. The second kappa shape index (κ2) is 6.97. The Hall–Kier alpha value is -0.120. The number of hydrogen-bond donors (Lipinski definition) is 1. The van der Waals surface area contributed by atoms with Crippen LogP contribution in [0.5, 0.6) is 0 Å². The van der Waals surface area contributed by atoms with Crippen molar-refractivity contribution in [2.24, 2.45) is 11.3 Å². The smallest absolute Gasteiger partial charge is 0.0661 e. The summed E-state index contributed by atoms with van der Waals surface area (Å²) in [6, 6.07) is 0.722. The zero-order valence-electron chi connectivity index (χ0n) is 14.1. The maximum atomic E-state index is 6.00. The van der Waals surface area contributed by atoms with Gasteiger partial charge in [-0.3, -0.25) is 0 Å². The molecule has 3 rings (SSSR count). The maximum absolute atomic E-state index is 6.00. The van der Waals surface area contributed by atoms with Crippen LogP contribution in [0.4, 0.5) is 0 Å². The number of hydrogen-bond acceptors (Lipinski definition) is 3. The van der Waals surface area contributed by atoms with E-state index in [9.17, 15) is 0 Å². The van der Waals surface area contributed by atoms with Crippen LogP contribution in [0.15, 0.2) is 0 Å². The van der Waals surface area contributed by atoms with Gasteiger partial charge in [-0.15, -0.1) is 0 Å². The molecular weight excluding hydrogens is 260 g/mol. The van der Waals surface area contributed by atoms with Gasteiger partial charge in [-0.05, 0) is 58.0 Å². The summed E-state index contributed by atoms with van der Waals surface area (Å²) in [7, 11) is 0. The zero-order chi connectivity index (χ0) is 14.7. The van der Waals surface area contributed by atoms with E-state index in [-0.39, 0.29) is 0 Å². The van der Waals surface area contributed by atoms with Crippen LogP contribution >= 0.6 is 0 Å². The summed E-state index contributed by atoms with van der Waals surface area (Å²) >= 11 is 0. The van der Waals surface area contributed by atoms with Crippen molar-refractivity contribution in [3.05, 3.63) is 0 Å². The predicted molar refractivity (Wildman–Crippen MR) is 87.6 cm³/mol. The SMILES string of the molecule is CCOC1CC(NCCN2CCC(C)CC2)C12CCCC2. The molecule has 0 aromatic rings. The molecule has 2 unspecified atom stereocenters. The Kier molecular flexibility index (Phi) is 5.23. The lowest BCUT2D eigenvalue weighted by Gasteiger charge is -2.54. The summed E-state index contributed by atoms with van der Waals surface area (Å²) in [5, 5.41) is 3.88. The van der Waals surface area contributed by atoms with E-state index in [4.69, 9.17) is 4.74 Å². The molecule has 3 heteroatoms. The molecule has 0 bridgehead atoms. The van der Waals surface area contributed by atoms with Crippen molar-refractivity contribution in [2.75, 3.05) is 32.8 Å². The number of nitrogens with one attached hydrogen (secondary N) is 1. The molecule has 0 aromatic carbocycles. The van der Waals surface area contributed by atoms with Crippen LogP contribution in [0.1, 0.15) is 58.8 Å². The van der Waals surface area contributed by atoms with Gasteiger partial charge in [0.15, 0.2) is 0 Å². The van der Waals surface area contributed by atoms with Gasteiger partial charge in [0.1, 0.15) is 0 Å². The fourth-order valence-electron chi connectivity index (χ4n) is 4.86. The van der Waals surface area contributed by atoms with Gasteiger partial charge in [0.25, 0.3) is 0 Å². The van der Waals surface area contributed by atoms with Crippen molar-refractivity contribution in [3.63, 3.8) is 0 Å². The van der Waals surface area contributed by atoms with E-state index in [1.165, 1.54) is 71.1 Å². The van der Waals surface area contributed by atoms with E-state index in [0.29, 0.717) is 11.5 Å². The first kappa shape index (κ1) is 15.8. The second-order valence-electron chi connectivity index (χ2n) is 7.65. The molecule has 2 saturated carbocycles. The highest BCUT2D eigenvalue weighted by molar-refractivity contribution is 5.09. The number of ether oxygens (including phenoxy) is 1. The van der Waals surface area contributed by atoms with E-state index in [2.05, 4.69) is 24.1 Å². The van der Waals surface area contributed by atoms with Crippen LogP contribution in [0.25, 0.3) is 0 Å². The topological polar surface area (TPSA) is 24.5 Å². The van der Waals surface area contributed by atoms with Gasteiger partial charge in [-0.1, -0.05) is 19.8 Å². The van der Waals surface area contributed by atoms with E-state index >= 15 is 0 Å². The quantitative estimate of drug-likeness (QED) is 0.815. The molecule has 3 nitrogen and oxygen atoms in total. The lowest BCUT2D eigenvalue weighted by atomic mass is 9.60. The number of rotatable bonds is 6. The van der Waals surface area contributed by atoms with Gasteiger partial charge < -0.3 is 15.0 Å². The number of likely N-dealkylation sites (tertiary alicyclic amines) is 1. The molecule has 2 aliphatic carbocycles. The van der Waals surface area contributed by atoms with Crippen molar-refractivity contribution >= 4 is 0 Å². The molecule has 1 heterocycles. The third-order valence-electron chi connectivity index (χ3n) is 6.38. The Labute approximate surface area is 130 Å². The minimum absolute atomic E-state index is 0.492. The monoisotopic (exact) mass is 294 g/mol. The second-order valence-corrected chi connectivity index (χ2v) is 7.65. The van der Waals surface area contributed by atoms with Gasteiger partial charge >= 0.3 is 0 Å². The largest absolute Gasteiger partial charge is 0.378 e. The fraction of sp³-hybridized carbons (Fsp3) is 1.00. The highest BCUT2D eigenvalue weighted by atomic mass is 16.5. The Morgan fingerprint density at radius 3 is 2.57 bits per heavy atom. The summed E-state index contributed by atoms with van der Waals surface area (Å²) in [5.74, 6) is 0.939. The summed E-state index contributed by atoms with van der Waals surface area (Å²) in [6.07, 6.45) is 10.1. The van der Waals surface area contributed by atoms with Gasteiger partial charge in [0, 0.05) is 31.2 Å². The van der Waals surface area contributed by atoms with E-state index in [0.717, 1.165) is 18.6 Å². The highest BCUT2D eigenvalue weighted by Crippen LogP contribution is 2.54. The van der Waals surface area contributed by atoms with Crippen LogP contribution in [0, 0.1) is 11.3 Å². The number of nitrogens with zero attached hydrogens (tertiary/aromatic N) is 1. The van der Waals surface area contributed by atoms with Crippen LogP contribution in [-0.4, -0.2) is 49.8 Å². The molecule has 2 atom stereocenters. The first-order chi connectivity index (χ1) is 10.2. The Morgan fingerprint density at radius 2 is 1.90 bits per heavy atom. The highest BCUT2D eigenvalue weighted by Gasteiger charge is 2.56. The predicted octanol–water partition coefficient (Wildman–Crippen LogP) is 3.05. The normalized spacial score (nSPS) is 33.4. The minimum Gasteiger partial charge on any atom is -0.378 e. The molecule has 1 N–H and O–H groups in total. The molecule has 3 fully saturated rings. The van der Waals surface area contributed by atoms with Crippen LogP contribution in [0.2, 0.25) is 0 Å². The Morgan fingerprint density at radius 1 is 1.19 bits per heavy atom. The number of piperidine rings is 1. The molecule has 0 aromatic heterocycles. The Bertz CT molecular complexity index is 319. The molecule has 3 aliphatic rings. The van der Waals surface area contributed by atoms with Crippen molar-refractivity contribution in [3.8, 4) is 0 Å². The standard InChI is InChI=1S/C18H34N2O/c1-3-21-17-14-16(18(17)8-4-5-9-18)19-10-13-20-11-6-15(2)7-12-20/h15-17,19H,3-14H2,1-2H3. The van der Waals surface area contributed by atoms with Crippen LogP contribution in [0.3, 0.4) is 0 Å². The minimum atomic E-state index is 0.492. The first-order valence-electron chi connectivity index (χ1n) is 9.32. The molecule has 1 saturated heterocycles. The van der Waals surface area contributed by atoms with Crippen molar-refractivity contribution in [1.82, 2.24) is 10.2 Å². The third-order valence-corrected chi connectivity index (χ3v) is 6.38. The fourth-order valence-corrected chi connectivity index (χ4v) is 4.86. The first-order valence-corrected chi connectivity index (χ1v) is 9.32. The van der Waals surface area contributed by atoms with Gasteiger partial charge in [0.2, 0.25) is 0 Å². The lowest BCUT2D eigenvalue weighted by molar-refractivity contribution is -0.130. The van der Waals surface area contributed by atoms with Crippen LogP contribution < -0.4 is 5.32 Å². The average molecular weight is 294 g/mol. The van der Waals surface area contributed by atoms with Crippen molar-refractivity contribution in [1.29, 1.82) is 0 Å². The molecule has 122 valence electrons. The molecule has 0 radical (unpaired) electrons. The maximum Gasteiger partial charge on any atom is 0.0661 e. The summed E-state index contributed by atoms with van der Waals surface area (Å²) in [6.45, 7) is 10.4. The lowest BCUT2D eigenvalue weighted by Crippen LogP contribution is -2.63. The molecule has 0 amide bonds. The van der Waals surface area contributed by atoms with Gasteiger partial charge in [-0.25, -0.2) is 0 Å². The van der Waals surface area contributed by atoms with Crippen LogP contribution in [-0.2, 0) is 4.74 Å². The van der Waals surface area contributed by atoms with Gasteiger partial charge in [0.05, 0.1) is 6.10 Å². The van der Waals surface area contributed by atoms with E-state index < -0.39 is 0 Å². The molecular formula is C18H34N2O. The average Bonchev–Trinajstić information content (AvgIpc) is 3.00. The molecule has 1 aliphatic heterocycles. The van der Waals surface area contributed by atoms with Crippen molar-refractivity contribution in [2.45, 2.75) is 70.9 Å². The third kappa shape index (κ3) is 3.30. The van der Waals surface area contributed by atoms with Gasteiger partial charge in [-0.2, -0.15) is 0 Å². The Balaban J connectivity index is 1.41. The summed E-state index contributed by atoms with van der Waals surface area (Å²) < 4.78 is 6.00. The summed E-state index contributed by atoms with van der Waals surface area (Å²) in [4.78, 5) is 2.65. The summed E-state index contributed by atoms with van der Waals surface area (Å²) in [5.41, 5.74) is 0.492. The molecule has 21 heavy (non-hydrogen) atoms. The zero-order valence-corrected chi connectivity index (χ0v) is 14.1.